The van der Waals surface area contributed by atoms with Gasteiger partial charge in [-0.05, 0) is 49.9 Å². The van der Waals surface area contributed by atoms with Crippen LogP contribution in [0.25, 0.3) is 0 Å². The number of fused-ring (bicyclic) bond motifs is 2. The number of ether oxygens (including phenoxy) is 3. The predicted octanol–water partition coefficient (Wildman–Crippen LogP) is 4.77. The lowest BCUT2D eigenvalue weighted by molar-refractivity contribution is -0.172. The van der Waals surface area contributed by atoms with E-state index in [0.29, 0.717) is 12.3 Å². The molecule has 7 unspecified atom stereocenters. The lowest BCUT2D eigenvalue weighted by atomic mass is 9.70. The molecule has 0 aromatic carbocycles. The Balaban J connectivity index is 2.21. The highest BCUT2D eigenvalue weighted by Gasteiger charge is 2.63. The molecule has 7 atom stereocenters. The number of hydrogen-bond acceptors (Lipinski definition) is 7. The van der Waals surface area contributed by atoms with Gasteiger partial charge in [0.1, 0.15) is 18.1 Å². The van der Waals surface area contributed by atoms with Crippen LogP contribution in [0.15, 0.2) is 0 Å². The summed E-state index contributed by atoms with van der Waals surface area (Å²) in [6, 6.07) is 0. The highest BCUT2D eigenvalue weighted by molar-refractivity contribution is 5.83. The summed E-state index contributed by atoms with van der Waals surface area (Å²) in [7, 11) is 0. The Morgan fingerprint density at radius 2 is 1.74 bits per heavy atom. The summed E-state index contributed by atoms with van der Waals surface area (Å²) in [4.78, 5) is 50.1. The Labute approximate surface area is 209 Å². The second-order valence-electron chi connectivity index (χ2n) is 11.2. The molecule has 0 aliphatic heterocycles. The van der Waals surface area contributed by atoms with Gasteiger partial charge in [-0.1, -0.05) is 48.0 Å². The largest absolute Gasteiger partial charge is 0.481 e. The summed E-state index contributed by atoms with van der Waals surface area (Å²) in [5.41, 5.74) is -0.0165. The third-order valence-corrected chi connectivity index (χ3v) is 8.87. The van der Waals surface area contributed by atoms with Crippen LogP contribution < -0.4 is 0 Å². The standard InChI is InChI=1S/C27H44O8/c1-8-10-13-33-25(32)19(22(23(29)30)20(9-2)34-17(4)28)14-16(3)24(31)35-21-15-18-11-12-27(21,7)26(18,5)6/h16,18-22H,8-15H2,1-7H3,(H,29,30). The molecule has 0 radical (unpaired) electrons. The van der Waals surface area contributed by atoms with Crippen LogP contribution in [0.4, 0.5) is 0 Å². The van der Waals surface area contributed by atoms with Crippen molar-refractivity contribution in [2.45, 2.75) is 106 Å². The lowest BCUT2D eigenvalue weighted by Crippen LogP contribution is -2.43. The van der Waals surface area contributed by atoms with Crippen LogP contribution in [0.1, 0.15) is 93.4 Å². The Hall–Kier alpha value is -2.12. The number of carboxylic acids is 1. The van der Waals surface area contributed by atoms with Gasteiger partial charge >= 0.3 is 23.9 Å². The van der Waals surface area contributed by atoms with Gasteiger partial charge in [0.2, 0.25) is 0 Å². The zero-order valence-electron chi connectivity index (χ0n) is 22.4. The third kappa shape index (κ3) is 6.18. The number of rotatable bonds is 13. The summed E-state index contributed by atoms with van der Waals surface area (Å²) in [5, 5.41) is 10.0. The van der Waals surface area contributed by atoms with Crippen molar-refractivity contribution < 1.29 is 38.5 Å². The molecule has 2 fully saturated rings. The first kappa shape index (κ1) is 29.1. The molecular formula is C27H44O8. The van der Waals surface area contributed by atoms with Crippen molar-refractivity contribution in [3.8, 4) is 0 Å². The molecule has 8 heteroatoms. The van der Waals surface area contributed by atoms with E-state index in [9.17, 15) is 24.3 Å². The molecule has 0 aromatic heterocycles. The fourth-order valence-electron chi connectivity index (χ4n) is 6.07. The van der Waals surface area contributed by atoms with Crippen LogP contribution in [-0.2, 0) is 33.4 Å². The van der Waals surface area contributed by atoms with Crippen LogP contribution in [0.5, 0.6) is 0 Å². The number of hydrogen-bond donors (Lipinski definition) is 1. The first-order valence-corrected chi connectivity index (χ1v) is 13.1. The van der Waals surface area contributed by atoms with Gasteiger partial charge in [-0.2, -0.15) is 0 Å². The van der Waals surface area contributed by atoms with Crippen molar-refractivity contribution in [1.29, 1.82) is 0 Å². The zero-order valence-corrected chi connectivity index (χ0v) is 22.4. The van der Waals surface area contributed by atoms with Crippen LogP contribution in [-0.4, -0.2) is 47.8 Å². The number of esters is 3. The molecule has 2 aliphatic rings. The van der Waals surface area contributed by atoms with Crippen molar-refractivity contribution in [2.24, 2.45) is 34.5 Å². The molecule has 2 aliphatic carbocycles. The van der Waals surface area contributed by atoms with Crippen LogP contribution >= 0.6 is 0 Å². The Morgan fingerprint density at radius 3 is 2.20 bits per heavy atom. The van der Waals surface area contributed by atoms with E-state index in [1.54, 1.807) is 13.8 Å². The number of unbranched alkanes of at least 4 members (excludes halogenated alkanes) is 1. The van der Waals surface area contributed by atoms with Gasteiger partial charge in [0.15, 0.2) is 0 Å². The Morgan fingerprint density at radius 1 is 1.09 bits per heavy atom. The molecule has 0 saturated heterocycles. The maximum absolute atomic E-state index is 13.1. The van der Waals surface area contributed by atoms with E-state index in [1.165, 1.54) is 6.92 Å². The smallest absolute Gasteiger partial charge is 0.311 e. The van der Waals surface area contributed by atoms with E-state index in [4.69, 9.17) is 14.2 Å². The molecule has 0 aromatic rings. The Kier molecular flexibility index (Phi) is 9.77. The van der Waals surface area contributed by atoms with Gasteiger partial charge in [-0.15, -0.1) is 0 Å². The highest BCUT2D eigenvalue weighted by atomic mass is 16.6. The quantitative estimate of drug-likeness (QED) is 0.220. The maximum atomic E-state index is 13.1. The van der Waals surface area contributed by atoms with Crippen LogP contribution in [0, 0.1) is 34.5 Å². The number of carbonyl (C=O) groups excluding carboxylic acids is 3. The van der Waals surface area contributed by atoms with Crippen molar-refractivity contribution in [3.63, 3.8) is 0 Å². The highest BCUT2D eigenvalue weighted by Crippen LogP contribution is 2.66. The molecule has 0 heterocycles. The topological polar surface area (TPSA) is 116 Å². The summed E-state index contributed by atoms with van der Waals surface area (Å²) < 4.78 is 16.6. The van der Waals surface area contributed by atoms with Crippen molar-refractivity contribution in [3.05, 3.63) is 0 Å². The average molecular weight is 497 g/mol. The van der Waals surface area contributed by atoms with Gasteiger partial charge in [0, 0.05) is 12.3 Å². The molecule has 35 heavy (non-hydrogen) atoms. The van der Waals surface area contributed by atoms with Crippen LogP contribution in [0.3, 0.4) is 0 Å². The zero-order chi connectivity index (χ0) is 26.6. The second-order valence-corrected chi connectivity index (χ2v) is 11.2. The maximum Gasteiger partial charge on any atom is 0.311 e. The summed E-state index contributed by atoms with van der Waals surface area (Å²) in [6.07, 6.45) is 3.37. The Bertz CT molecular complexity index is 790. The SMILES string of the molecule is CCCCOC(=O)C(CC(C)C(=O)OC1CC2CCC1(C)C2(C)C)C(C(=O)O)C(CC)OC(C)=O. The third-order valence-electron chi connectivity index (χ3n) is 8.87. The van der Waals surface area contributed by atoms with Gasteiger partial charge < -0.3 is 19.3 Å². The lowest BCUT2D eigenvalue weighted by Gasteiger charge is -2.39. The van der Waals surface area contributed by atoms with E-state index < -0.39 is 47.7 Å². The number of carbonyl (C=O) groups is 4. The van der Waals surface area contributed by atoms with E-state index in [2.05, 4.69) is 20.8 Å². The molecule has 2 rings (SSSR count). The van der Waals surface area contributed by atoms with Gasteiger partial charge in [-0.3, -0.25) is 19.2 Å². The summed E-state index contributed by atoms with van der Waals surface area (Å²) >= 11 is 0. The minimum Gasteiger partial charge on any atom is -0.481 e. The normalized spacial score (nSPS) is 28.0. The molecule has 0 spiro atoms. The molecule has 200 valence electrons. The molecule has 2 bridgehead atoms. The fraction of sp³-hybridized carbons (Fsp3) is 0.852. The van der Waals surface area contributed by atoms with Crippen molar-refractivity contribution in [1.82, 2.24) is 0 Å². The first-order valence-electron chi connectivity index (χ1n) is 13.1. The monoisotopic (exact) mass is 496 g/mol. The van der Waals surface area contributed by atoms with E-state index in [0.717, 1.165) is 25.7 Å². The van der Waals surface area contributed by atoms with E-state index >= 15 is 0 Å². The first-order chi connectivity index (χ1) is 16.3. The predicted molar refractivity (Wildman–Crippen MR) is 129 cm³/mol. The van der Waals surface area contributed by atoms with Crippen molar-refractivity contribution >= 4 is 23.9 Å². The molecule has 1 N–H and O–H groups in total. The van der Waals surface area contributed by atoms with Gasteiger partial charge in [-0.25, -0.2) is 0 Å². The second kappa shape index (κ2) is 11.7. The molecule has 0 amide bonds. The van der Waals surface area contributed by atoms with Gasteiger partial charge in [0.25, 0.3) is 0 Å². The molecule has 8 nitrogen and oxygen atoms in total. The average Bonchev–Trinajstić information content (AvgIpc) is 3.10. The summed E-state index contributed by atoms with van der Waals surface area (Å²) in [5.74, 6) is -5.71. The van der Waals surface area contributed by atoms with E-state index in [1.807, 2.05) is 6.92 Å². The van der Waals surface area contributed by atoms with Gasteiger partial charge in [0.05, 0.1) is 18.4 Å². The minimum atomic E-state index is -1.33. The fourth-order valence-corrected chi connectivity index (χ4v) is 6.07. The number of carboxylic acid groups (broad SMARTS) is 1. The summed E-state index contributed by atoms with van der Waals surface area (Å²) in [6.45, 7) is 13.3. The van der Waals surface area contributed by atoms with E-state index in [-0.39, 0.29) is 36.4 Å². The molecule has 2 saturated carbocycles. The number of aliphatic carboxylic acids is 1. The minimum absolute atomic E-state index is 0.0607. The molecular weight excluding hydrogens is 452 g/mol. The van der Waals surface area contributed by atoms with Crippen LogP contribution in [0.2, 0.25) is 0 Å². The van der Waals surface area contributed by atoms with Crippen molar-refractivity contribution in [2.75, 3.05) is 6.61 Å².